The van der Waals surface area contributed by atoms with Gasteiger partial charge in [-0.15, -0.1) is 11.3 Å². The van der Waals surface area contributed by atoms with Crippen LogP contribution >= 0.6 is 11.3 Å². The first kappa shape index (κ1) is 16.8. The van der Waals surface area contributed by atoms with Gasteiger partial charge in [-0.3, -0.25) is 4.99 Å². The Balaban J connectivity index is 1.72. The maximum absolute atomic E-state index is 9.43. The maximum Gasteiger partial charge on any atom is 0.206 e. The number of phenolic OH excluding ortho intramolecular Hbond substituents is 1. The van der Waals surface area contributed by atoms with Gasteiger partial charge in [0, 0.05) is 5.38 Å². The van der Waals surface area contributed by atoms with Crippen LogP contribution in [0.5, 0.6) is 5.75 Å². The maximum atomic E-state index is 9.43. The van der Waals surface area contributed by atoms with E-state index in [0.717, 1.165) is 34.7 Å². The standard InChI is InChI=1S/C20H21N3O2S/c24-17-10-8-15(9-11-17)13-21-23-18(19-7-4-12-25-19)14-26-20(23)22-16-5-2-1-3-6-16/h4,7-14,16,24H,1-3,5-6H2. The lowest BCUT2D eigenvalue weighted by Crippen LogP contribution is -2.18. The van der Waals surface area contributed by atoms with Gasteiger partial charge in [-0.2, -0.15) is 5.10 Å². The van der Waals surface area contributed by atoms with Gasteiger partial charge in [-0.05, 0) is 54.8 Å². The number of aromatic nitrogens is 1. The summed E-state index contributed by atoms with van der Waals surface area (Å²) in [5, 5.41) is 16.1. The molecule has 0 atom stereocenters. The summed E-state index contributed by atoms with van der Waals surface area (Å²) in [5.74, 6) is 1.02. The van der Waals surface area contributed by atoms with E-state index in [9.17, 15) is 5.11 Å². The van der Waals surface area contributed by atoms with Crippen molar-refractivity contribution in [3.8, 4) is 17.2 Å². The number of hydrogen-bond acceptors (Lipinski definition) is 5. The Morgan fingerprint density at radius 2 is 1.92 bits per heavy atom. The van der Waals surface area contributed by atoms with E-state index in [2.05, 4.69) is 5.10 Å². The van der Waals surface area contributed by atoms with Crippen LogP contribution in [0.4, 0.5) is 0 Å². The third-order valence-electron chi connectivity index (χ3n) is 4.54. The van der Waals surface area contributed by atoms with E-state index in [0.29, 0.717) is 6.04 Å². The monoisotopic (exact) mass is 367 g/mol. The lowest BCUT2D eigenvalue weighted by atomic mass is 9.96. The molecule has 0 saturated heterocycles. The van der Waals surface area contributed by atoms with Crippen LogP contribution in [0.25, 0.3) is 11.5 Å². The molecule has 3 aromatic rings. The van der Waals surface area contributed by atoms with E-state index in [-0.39, 0.29) is 5.75 Å². The van der Waals surface area contributed by atoms with Gasteiger partial charge in [0.2, 0.25) is 4.80 Å². The lowest BCUT2D eigenvalue weighted by molar-refractivity contribution is 0.435. The Labute approximate surface area is 156 Å². The first-order valence-corrected chi connectivity index (χ1v) is 9.79. The zero-order valence-corrected chi connectivity index (χ0v) is 15.2. The number of thiazole rings is 1. The molecule has 1 N–H and O–H groups in total. The summed E-state index contributed by atoms with van der Waals surface area (Å²) in [6.07, 6.45) is 9.55. The summed E-state index contributed by atoms with van der Waals surface area (Å²) < 4.78 is 7.42. The summed E-state index contributed by atoms with van der Waals surface area (Å²) in [4.78, 5) is 5.85. The number of nitrogens with zero attached hydrogens (tertiary/aromatic N) is 3. The van der Waals surface area contributed by atoms with Crippen molar-refractivity contribution in [3.63, 3.8) is 0 Å². The van der Waals surface area contributed by atoms with Crippen LogP contribution in [-0.4, -0.2) is 22.0 Å². The Kier molecular flexibility index (Phi) is 5.02. The first-order chi connectivity index (χ1) is 12.8. The minimum Gasteiger partial charge on any atom is -0.508 e. The summed E-state index contributed by atoms with van der Waals surface area (Å²) in [6.45, 7) is 0. The Hall–Kier alpha value is -2.60. The Bertz CT molecular complexity index is 930. The SMILES string of the molecule is Oc1ccc(C=Nn2c(-c3ccco3)csc2=NC2CCCCC2)cc1. The quantitative estimate of drug-likeness (QED) is 0.683. The molecule has 1 aromatic carbocycles. The van der Waals surface area contributed by atoms with Crippen molar-refractivity contribution < 1.29 is 9.52 Å². The predicted octanol–water partition coefficient (Wildman–Crippen LogP) is 4.63. The van der Waals surface area contributed by atoms with Gasteiger partial charge < -0.3 is 9.52 Å². The van der Waals surface area contributed by atoms with Crippen LogP contribution in [0, 0.1) is 0 Å². The summed E-state index contributed by atoms with van der Waals surface area (Å²) >= 11 is 1.59. The highest BCUT2D eigenvalue weighted by Crippen LogP contribution is 2.23. The number of furan rings is 1. The summed E-state index contributed by atoms with van der Waals surface area (Å²) in [5.41, 5.74) is 1.81. The number of phenols is 1. The van der Waals surface area contributed by atoms with Crippen molar-refractivity contribution in [2.45, 2.75) is 38.1 Å². The number of benzene rings is 1. The molecular weight excluding hydrogens is 346 g/mol. The molecule has 0 unspecified atom stereocenters. The van der Waals surface area contributed by atoms with Gasteiger partial charge in [0.15, 0.2) is 5.76 Å². The molecule has 1 aliphatic carbocycles. The molecule has 0 aliphatic heterocycles. The minimum atomic E-state index is 0.245. The summed E-state index contributed by atoms with van der Waals surface area (Å²) in [6, 6.07) is 11.1. The second kappa shape index (κ2) is 7.74. The van der Waals surface area contributed by atoms with E-state index in [1.165, 1.54) is 19.3 Å². The van der Waals surface area contributed by atoms with Crippen LogP contribution in [0.3, 0.4) is 0 Å². The minimum absolute atomic E-state index is 0.245. The fraction of sp³-hybridized carbons (Fsp3) is 0.300. The molecule has 2 aromatic heterocycles. The molecule has 2 heterocycles. The molecule has 6 heteroatoms. The highest BCUT2D eigenvalue weighted by atomic mass is 32.1. The van der Waals surface area contributed by atoms with Crippen molar-refractivity contribution in [2.75, 3.05) is 0 Å². The van der Waals surface area contributed by atoms with Crippen molar-refractivity contribution in [3.05, 3.63) is 58.4 Å². The average Bonchev–Trinajstić information content (AvgIpc) is 3.32. The van der Waals surface area contributed by atoms with Crippen LogP contribution in [0.2, 0.25) is 0 Å². The summed E-state index contributed by atoms with van der Waals surface area (Å²) in [7, 11) is 0. The third-order valence-corrected chi connectivity index (χ3v) is 5.37. The van der Waals surface area contributed by atoms with E-state index in [1.54, 1.807) is 35.9 Å². The van der Waals surface area contributed by atoms with Gasteiger partial charge in [0.1, 0.15) is 11.4 Å². The topological polar surface area (TPSA) is 63.0 Å². The van der Waals surface area contributed by atoms with Crippen molar-refractivity contribution in [1.82, 2.24) is 4.68 Å². The molecule has 1 saturated carbocycles. The third kappa shape index (κ3) is 3.80. The molecule has 0 radical (unpaired) electrons. The lowest BCUT2D eigenvalue weighted by Gasteiger charge is -2.16. The van der Waals surface area contributed by atoms with Crippen LogP contribution in [0.15, 0.2) is 62.6 Å². The van der Waals surface area contributed by atoms with Gasteiger partial charge in [-0.25, -0.2) is 4.68 Å². The highest BCUT2D eigenvalue weighted by Gasteiger charge is 2.14. The smallest absolute Gasteiger partial charge is 0.206 e. The molecule has 1 aliphatic rings. The van der Waals surface area contributed by atoms with Gasteiger partial charge in [-0.1, -0.05) is 19.3 Å². The molecular formula is C20H21N3O2S. The molecule has 0 amide bonds. The predicted molar refractivity (Wildman–Crippen MR) is 104 cm³/mol. The normalized spacial score (nSPS) is 16.5. The Morgan fingerprint density at radius 3 is 2.65 bits per heavy atom. The Morgan fingerprint density at radius 1 is 1.12 bits per heavy atom. The number of rotatable bonds is 4. The molecule has 1 fully saturated rings. The van der Waals surface area contributed by atoms with E-state index in [1.807, 2.05) is 34.3 Å². The van der Waals surface area contributed by atoms with E-state index >= 15 is 0 Å². The van der Waals surface area contributed by atoms with Crippen molar-refractivity contribution in [2.24, 2.45) is 10.1 Å². The van der Waals surface area contributed by atoms with Crippen LogP contribution in [0.1, 0.15) is 37.7 Å². The van der Waals surface area contributed by atoms with Crippen molar-refractivity contribution >= 4 is 17.6 Å². The van der Waals surface area contributed by atoms with E-state index in [4.69, 9.17) is 9.41 Å². The second-order valence-corrected chi connectivity index (χ2v) is 7.29. The second-order valence-electron chi connectivity index (χ2n) is 6.45. The molecule has 4 rings (SSSR count). The first-order valence-electron chi connectivity index (χ1n) is 8.91. The molecule has 26 heavy (non-hydrogen) atoms. The number of aromatic hydroxyl groups is 1. The van der Waals surface area contributed by atoms with Gasteiger partial charge >= 0.3 is 0 Å². The molecule has 134 valence electrons. The molecule has 0 spiro atoms. The fourth-order valence-electron chi connectivity index (χ4n) is 3.15. The fourth-order valence-corrected chi connectivity index (χ4v) is 4.03. The van der Waals surface area contributed by atoms with Gasteiger partial charge in [0.05, 0.1) is 18.5 Å². The molecule has 0 bridgehead atoms. The van der Waals surface area contributed by atoms with Crippen LogP contribution in [-0.2, 0) is 0 Å². The highest BCUT2D eigenvalue weighted by molar-refractivity contribution is 7.07. The average molecular weight is 367 g/mol. The number of hydrogen-bond donors (Lipinski definition) is 1. The molecule has 5 nitrogen and oxygen atoms in total. The van der Waals surface area contributed by atoms with Crippen LogP contribution < -0.4 is 4.80 Å². The largest absolute Gasteiger partial charge is 0.508 e. The zero-order valence-electron chi connectivity index (χ0n) is 14.4. The van der Waals surface area contributed by atoms with Gasteiger partial charge in [0.25, 0.3) is 0 Å². The van der Waals surface area contributed by atoms with Crippen molar-refractivity contribution in [1.29, 1.82) is 0 Å². The zero-order chi connectivity index (χ0) is 17.8. The van der Waals surface area contributed by atoms with E-state index < -0.39 is 0 Å².